The lowest BCUT2D eigenvalue weighted by atomic mass is 10.1. The van der Waals surface area contributed by atoms with E-state index in [2.05, 4.69) is 24.1 Å². The lowest BCUT2D eigenvalue weighted by Crippen LogP contribution is -2.32. The van der Waals surface area contributed by atoms with Crippen LogP contribution in [0.5, 0.6) is 0 Å². The van der Waals surface area contributed by atoms with Crippen molar-refractivity contribution in [1.82, 2.24) is 19.8 Å². The SMILES string of the molecule is CC(C)c1cc([C@H]2CCCN2C(=O)c2ccnn2C)no1. The van der Waals surface area contributed by atoms with Crippen LogP contribution in [0.15, 0.2) is 22.9 Å². The highest BCUT2D eigenvalue weighted by atomic mass is 16.5. The number of carbonyl (C=O) groups is 1. The second kappa shape index (κ2) is 5.35. The number of carbonyl (C=O) groups excluding carboxylic acids is 1. The molecule has 1 aliphatic rings. The minimum absolute atomic E-state index is 0.00338. The first-order valence-electron chi connectivity index (χ1n) is 7.33. The molecule has 1 aliphatic heterocycles. The predicted molar refractivity (Wildman–Crippen MR) is 76.8 cm³/mol. The average Bonchev–Trinajstić information content (AvgIpc) is 3.17. The largest absolute Gasteiger partial charge is 0.361 e. The first-order valence-corrected chi connectivity index (χ1v) is 7.33. The van der Waals surface area contributed by atoms with Crippen molar-refractivity contribution in [2.24, 2.45) is 7.05 Å². The minimum atomic E-state index is 0.00338. The molecule has 3 heterocycles. The van der Waals surface area contributed by atoms with Crippen LogP contribution in [0.3, 0.4) is 0 Å². The van der Waals surface area contributed by atoms with Gasteiger partial charge >= 0.3 is 0 Å². The number of hydrogen-bond acceptors (Lipinski definition) is 4. The molecule has 0 unspecified atom stereocenters. The number of hydrogen-bond donors (Lipinski definition) is 0. The first-order chi connectivity index (χ1) is 10.1. The van der Waals surface area contributed by atoms with E-state index in [1.54, 1.807) is 24.0 Å². The second-order valence-electron chi connectivity index (χ2n) is 5.81. The van der Waals surface area contributed by atoms with Gasteiger partial charge in [-0.05, 0) is 18.9 Å². The topological polar surface area (TPSA) is 64.2 Å². The van der Waals surface area contributed by atoms with Crippen molar-refractivity contribution < 1.29 is 9.32 Å². The van der Waals surface area contributed by atoms with Gasteiger partial charge in [0, 0.05) is 31.8 Å². The molecule has 1 atom stereocenters. The molecule has 21 heavy (non-hydrogen) atoms. The van der Waals surface area contributed by atoms with Gasteiger partial charge < -0.3 is 9.42 Å². The van der Waals surface area contributed by atoms with Crippen LogP contribution in [0.25, 0.3) is 0 Å². The highest BCUT2D eigenvalue weighted by Gasteiger charge is 2.33. The molecule has 112 valence electrons. The highest BCUT2D eigenvalue weighted by Crippen LogP contribution is 2.33. The van der Waals surface area contributed by atoms with E-state index in [9.17, 15) is 4.79 Å². The molecule has 0 radical (unpaired) electrons. The van der Waals surface area contributed by atoms with Gasteiger partial charge in [0.1, 0.15) is 17.1 Å². The first kappa shape index (κ1) is 13.9. The van der Waals surface area contributed by atoms with Crippen molar-refractivity contribution in [3.63, 3.8) is 0 Å². The molecule has 0 N–H and O–H groups in total. The molecule has 3 rings (SSSR count). The summed E-state index contributed by atoms with van der Waals surface area (Å²) in [6.45, 7) is 4.88. The standard InChI is InChI=1S/C15H20N4O2/c1-10(2)14-9-11(17-21-14)12-5-4-8-19(12)15(20)13-6-7-16-18(13)3/h6-7,9-10,12H,4-5,8H2,1-3H3/t12-/m1/s1. The van der Waals surface area contributed by atoms with Crippen molar-refractivity contribution in [2.75, 3.05) is 6.54 Å². The fraction of sp³-hybridized carbons (Fsp3) is 0.533. The molecule has 6 nitrogen and oxygen atoms in total. The Labute approximate surface area is 123 Å². The molecular weight excluding hydrogens is 268 g/mol. The maximum Gasteiger partial charge on any atom is 0.272 e. The Kier molecular flexibility index (Phi) is 3.53. The zero-order valence-corrected chi connectivity index (χ0v) is 12.6. The molecular formula is C15H20N4O2. The van der Waals surface area contributed by atoms with Crippen LogP contribution in [0.2, 0.25) is 0 Å². The number of aromatic nitrogens is 3. The smallest absolute Gasteiger partial charge is 0.272 e. The zero-order valence-electron chi connectivity index (χ0n) is 12.6. The van der Waals surface area contributed by atoms with Gasteiger partial charge in [-0.1, -0.05) is 19.0 Å². The Morgan fingerprint density at radius 1 is 1.48 bits per heavy atom. The van der Waals surface area contributed by atoms with Gasteiger partial charge in [-0.15, -0.1) is 0 Å². The van der Waals surface area contributed by atoms with E-state index in [4.69, 9.17) is 4.52 Å². The lowest BCUT2D eigenvalue weighted by Gasteiger charge is -2.22. The summed E-state index contributed by atoms with van der Waals surface area (Å²) in [6, 6.07) is 3.73. The Balaban J connectivity index is 1.85. The van der Waals surface area contributed by atoms with Crippen molar-refractivity contribution in [3.05, 3.63) is 35.5 Å². The molecule has 0 bridgehead atoms. The van der Waals surface area contributed by atoms with Crippen LogP contribution in [0, 0.1) is 0 Å². The lowest BCUT2D eigenvalue weighted by molar-refractivity contribution is 0.0719. The van der Waals surface area contributed by atoms with Gasteiger partial charge in [-0.3, -0.25) is 9.48 Å². The number of amides is 1. The summed E-state index contributed by atoms with van der Waals surface area (Å²) in [7, 11) is 1.78. The van der Waals surface area contributed by atoms with Gasteiger partial charge in [0.05, 0.1) is 6.04 Å². The minimum Gasteiger partial charge on any atom is -0.361 e. The molecule has 2 aromatic rings. The van der Waals surface area contributed by atoms with E-state index < -0.39 is 0 Å². The Morgan fingerprint density at radius 2 is 2.29 bits per heavy atom. The van der Waals surface area contributed by atoms with Crippen molar-refractivity contribution in [3.8, 4) is 0 Å². The Hall–Kier alpha value is -2.11. The highest BCUT2D eigenvalue weighted by molar-refractivity contribution is 5.93. The zero-order chi connectivity index (χ0) is 15.0. The van der Waals surface area contributed by atoms with E-state index in [0.717, 1.165) is 30.8 Å². The summed E-state index contributed by atoms with van der Waals surface area (Å²) >= 11 is 0. The van der Waals surface area contributed by atoms with Crippen LogP contribution in [-0.2, 0) is 7.05 Å². The quantitative estimate of drug-likeness (QED) is 0.870. The summed E-state index contributed by atoms with van der Waals surface area (Å²) in [6.07, 6.45) is 3.55. The molecule has 1 amide bonds. The molecule has 0 saturated carbocycles. The number of aryl methyl sites for hydroxylation is 1. The van der Waals surface area contributed by atoms with Crippen LogP contribution in [-0.4, -0.2) is 32.3 Å². The Morgan fingerprint density at radius 3 is 2.90 bits per heavy atom. The molecule has 0 spiro atoms. The van der Waals surface area contributed by atoms with Crippen LogP contribution >= 0.6 is 0 Å². The second-order valence-corrected chi connectivity index (χ2v) is 5.81. The van der Waals surface area contributed by atoms with E-state index in [-0.39, 0.29) is 11.9 Å². The fourth-order valence-electron chi connectivity index (χ4n) is 2.78. The molecule has 0 aliphatic carbocycles. The Bertz CT molecular complexity index is 644. The van der Waals surface area contributed by atoms with Crippen molar-refractivity contribution in [2.45, 2.75) is 38.6 Å². The van der Waals surface area contributed by atoms with E-state index in [0.29, 0.717) is 11.6 Å². The summed E-state index contributed by atoms with van der Waals surface area (Å²) in [5.41, 5.74) is 1.46. The average molecular weight is 288 g/mol. The molecule has 6 heteroatoms. The number of likely N-dealkylation sites (tertiary alicyclic amines) is 1. The number of rotatable bonds is 3. The molecule has 1 saturated heterocycles. The van der Waals surface area contributed by atoms with Gasteiger partial charge in [-0.2, -0.15) is 5.10 Å². The molecule has 2 aromatic heterocycles. The normalized spacial score (nSPS) is 18.7. The number of nitrogens with zero attached hydrogens (tertiary/aromatic N) is 4. The third-order valence-corrected chi connectivity index (χ3v) is 4.01. The van der Waals surface area contributed by atoms with Crippen molar-refractivity contribution >= 4 is 5.91 Å². The van der Waals surface area contributed by atoms with Crippen LogP contribution in [0.4, 0.5) is 0 Å². The third kappa shape index (κ3) is 2.46. The fourth-order valence-corrected chi connectivity index (χ4v) is 2.78. The maximum atomic E-state index is 12.7. The van der Waals surface area contributed by atoms with Crippen molar-refractivity contribution in [1.29, 1.82) is 0 Å². The van der Waals surface area contributed by atoms with Gasteiger partial charge in [-0.25, -0.2) is 0 Å². The monoisotopic (exact) mass is 288 g/mol. The van der Waals surface area contributed by atoms with Crippen LogP contribution < -0.4 is 0 Å². The predicted octanol–water partition coefficient (Wildman–Crippen LogP) is 2.51. The summed E-state index contributed by atoms with van der Waals surface area (Å²) < 4.78 is 6.99. The van der Waals surface area contributed by atoms with Gasteiger partial charge in [0.25, 0.3) is 5.91 Å². The summed E-state index contributed by atoms with van der Waals surface area (Å²) in [5.74, 6) is 1.17. The van der Waals surface area contributed by atoms with E-state index in [1.807, 2.05) is 11.0 Å². The van der Waals surface area contributed by atoms with Gasteiger partial charge in [0.15, 0.2) is 0 Å². The van der Waals surface area contributed by atoms with Crippen LogP contribution in [0.1, 0.15) is 60.6 Å². The molecule has 1 fully saturated rings. The maximum absolute atomic E-state index is 12.7. The van der Waals surface area contributed by atoms with E-state index in [1.165, 1.54) is 0 Å². The summed E-state index contributed by atoms with van der Waals surface area (Å²) in [4.78, 5) is 14.5. The van der Waals surface area contributed by atoms with E-state index >= 15 is 0 Å². The third-order valence-electron chi connectivity index (χ3n) is 4.01. The summed E-state index contributed by atoms with van der Waals surface area (Å²) in [5, 5.41) is 8.23. The molecule has 0 aromatic carbocycles. The van der Waals surface area contributed by atoms with Gasteiger partial charge in [0.2, 0.25) is 0 Å².